The summed E-state index contributed by atoms with van der Waals surface area (Å²) >= 11 is 1.79. The average molecular weight is 223 g/mol. The van der Waals surface area contributed by atoms with Crippen LogP contribution < -0.4 is 5.73 Å². The predicted molar refractivity (Wildman–Crippen MR) is 62.7 cm³/mol. The van der Waals surface area contributed by atoms with E-state index >= 15 is 0 Å². The van der Waals surface area contributed by atoms with Gasteiger partial charge in [0.25, 0.3) is 0 Å². The normalized spacial score (nSPS) is 27.3. The number of nitrogens with zero attached hydrogens (tertiary/aromatic N) is 2. The third-order valence-corrected chi connectivity index (χ3v) is 4.16. The van der Waals surface area contributed by atoms with Gasteiger partial charge in [0.05, 0.1) is 6.20 Å². The summed E-state index contributed by atoms with van der Waals surface area (Å²) in [7, 11) is 0. The van der Waals surface area contributed by atoms with Crippen LogP contribution in [0.4, 0.5) is 0 Å². The van der Waals surface area contributed by atoms with E-state index in [2.05, 4.69) is 9.97 Å². The molecule has 2 rings (SSSR count). The van der Waals surface area contributed by atoms with E-state index in [1.54, 1.807) is 24.2 Å². The van der Waals surface area contributed by atoms with Crippen LogP contribution in [0, 0.1) is 0 Å². The summed E-state index contributed by atoms with van der Waals surface area (Å²) in [6.07, 6.45) is 11.5. The van der Waals surface area contributed by atoms with Gasteiger partial charge in [0.1, 0.15) is 5.03 Å². The quantitative estimate of drug-likeness (QED) is 0.781. The van der Waals surface area contributed by atoms with Gasteiger partial charge in [-0.15, -0.1) is 0 Å². The van der Waals surface area contributed by atoms with E-state index in [-0.39, 0.29) is 0 Å². The Bertz CT molecular complexity index is 291. The van der Waals surface area contributed by atoms with Crippen molar-refractivity contribution in [1.29, 1.82) is 0 Å². The molecule has 1 aliphatic carbocycles. The molecule has 3 nitrogen and oxygen atoms in total. The van der Waals surface area contributed by atoms with E-state index in [0.717, 1.165) is 11.4 Å². The second kappa shape index (κ2) is 5.47. The minimum Gasteiger partial charge on any atom is -0.327 e. The van der Waals surface area contributed by atoms with E-state index in [9.17, 15) is 0 Å². The molecule has 0 radical (unpaired) electrons. The Morgan fingerprint density at radius 2 is 2.07 bits per heavy atom. The molecule has 2 unspecified atom stereocenters. The number of aromatic nitrogens is 2. The molecule has 2 atom stereocenters. The molecule has 82 valence electrons. The van der Waals surface area contributed by atoms with Crippen molar-refractivity contribution in [2.75, 3.05) is 0 Å². The number of thioether (sulfide) groups is 1. The van der Waals surface area contributed by atoms with Crippen molar-refractivity contribution >= 4 is 11.8 Å². The van der Waals surface area contributed by atoms with Gasteiger partial charge in [-0.2, -0.15) is 0 Å². The summed E-state index contributed by atoms with van der Waals surface area (Å²) in [6, 6.07) is 0.319. The van der Waals surface area contributed by atoms with Gasteiger partial charge in [-0.25, -0.2) is 4.98 Å². The monoisotopic (exact) mass is 223 g/mol. The highest BCUT2D eigenvalue weighted by Gasteiger charge is 2.21. The summed E-state index contributed by atoms with van der Waals surface area (Å²) in [5.74, 6) is 0. The minimum atomic E-state index is 0.319. The molecule has 0 aromatic carbocycles. The summed E-state index contributed by atoms with van der Waals surface area (Å²) in [4.78, 5) is 8.36. The highest BCUT2D eigenvalue weighted by molar-refractivity contribution is 7.99. The maximum Gasteiger partial charge on any atom is 0.115 e. The number of rotatable bonds is 2. The Morgan fingerprint density at radius 3 is 2.87 bits per heavy atom. The van der Waals surface area contributed by atoms with Crippen LogP contribution in [0.25, 0.3) is 0 Å². The number of hydrogen-bond donors (Lipinski definition) is 1. The van der Waals surface area contributed by atoms with Crippen molar-refractivity contribution in [2.45, 2.75) is 48.4 Å². The van der Waals surface area contributed by atoms with Gasteiger partial charge >= 0.3 is 0 Å². The van der Waals surface area contributed by atoms with Gasteiger partial charge in [-0.3, -0.25) is 4.98 Å². The van der Waals surface area contributed by atoms with E-state index in [4.69, 9.17) is 5.73 Å². The lowest BCUT2D eigenvalue weighted by Crippen LogP contribution is -2.31. The standard InChI is InChI=1S/C11H17N3S/c12-9-4-2-1-3-5-10(9)15-11-8-13-6-7-14-11/h6-10H,1-5,12H2. The Balaban J connectivity index is 1.97. The second-order valence-electron chi connectivity index (χ2n) is 4.00. The van der Waals surface area contributed by atoms with E-state index in [0.29, 0.717) is 11.3 Å². The molecular weight excluding hydrogens is 206 g/mol. The molecule has 1 aliphatic rings. The van der Waals surface area contributed by atoms with Crippen LogP contribution in [0.2, 0.25) is 0 Å². The van der Waals surface area contributed by atoms with Crippen LogP contribution in [0.15, 0.2) is 23.6 Å². The summed E-state index contributed by atoms with van der Waals surface area (Å²) in [5, 5.41) is 1.52. The molecule has 1 saturated carbocycles. The van der Waals surface area contributed by atoms with Crippen LogP contribution in [0.3, 0.4) is 0 Å². The third-order valence-electron chi connectivity index (χ3n) is 2.82. The van der Waals surface area contributed by atoms with Gasteiger partial charge in [-0.05, 0) is 12.8 Å². The maximum absolute atomic E-state index is 6.16. The zero-order chi connectivity index (χ0) is 10.5. The largest absolute Gasteiger partial charge is 0.327 e. The van der Waals surface area contributed by atoms with Crippen molar-refractivity contribution in [3.8, 4) is 0 Å². The fourth-order valence-corrected chi connectivity index (χ4v) is 3.10. The molecule has 2 N–H and O–H groups in total. The van der Waals surface area contributed by atoms with Gasteiger partial charge in [-0.1, -0.05) is 31.0 Å². The van der Waals surface area contributed by atoms with Gasteiger partial charge in [0.2, 0.25) is 0 Å². The van der Waals surface area contributed by atoms with Gasteiger partial charge in [0.15, 0.2) is 0 Å². The molecule has 1 heterocycles. The van der Waals surface area contributed by atoms with E-state index in [1.165, 1.54) is 25.7 Å². The number of nitrogens with two attached hydrogens (primary N) is 1. The molecule has 0 spiro atoms. The molecule has 1 fully saturated rings. The lowest BCUT2D eigenvalue weighted by molar-refractivity contribution is 0.596. The Labute approximate surface area is 94.9 Å². The third kappa shape index (κ3) is 3.18. The Morgan fingerprint density at radius 1 is 1.20 bits per heavy atom. The molecule has 4 heteroatoms. The molecule has 0 saturated heterocycles. The fraction of sp³-hybridized carbons (Fsp3) is 0.636. The van der Waals surface area contributed by atoms with Crippen LogP contribution >= 0.6 is 11.8 Å². The second-order valence-corrected chi connectivity index (χ2v) is 5.26. The summed E-state index contributed by atoms with van der Waals surface area (Å²) in [5.41, 5.74) is 6.16. The van der Waals surface area contributed by atoms with E-state index < -0.39 is 0 Å². The lowest BCUT2D eigenvalue weighted by Gasteiger charge is -2.19. The van der Waals surface area contributed by atoms with Crippen molar-refractivity contribution < 1.29 is 0 Å². The molecular formula is C11H17N3S. The topological polar surface area (TPSA) is 51.8 Å². The molecule has 1 aromatic heterocycles. The smallest absolute Gasteiger partial charge is 0.115 e. The van der Waals surface area contributed by atoms with Gasteiger partial charge in [0, 0.05) is 23.7 Å². The molecule has 0 aliphatic heterocycles. The highest BCUT2D eigenvalue weighted by atomic mass is 32.2. The zero-order valence-corrected chi connectivity index (χ0v) is 9.62. The Hall–Kier alpha value is -0.610. The number of hydrogen-bond acceptors (Lipinski definition) is 4. The van der Waals surface area contributed by atoms with Crippen molar-refractivity contribution in [2.24, 2.45) is 5.73 Å². The predicted octanol–water partition coefficient (Wildman–Crippen LogP) is 2.23. The SMILES string of the molecule is NC1CCCCCC1Sc1cnccn1. The molecule has 0 amide bonds. The van der Waals surface area contributed by atoms with Crippen LogP contribution in [0.1, 0.15) is 32.1 Å². The molecule has 0 bridgehead atoms. The van der Waals surface area contributed by atoms with Crippen LogP contribution in [-0.2, 0) is 0 Å². The van der Waals surface area contributed by atoms with Crippen molar-refractivity contribution in [3.63, 3.8) is 0 Å². The molecule has 1 aromatic rings. The first kappa shape index (κ1) is 10.9. The zero-order valence-electron chi connectivity index (χ0n) is 8.80. The summed E-state index contributed by atoms with van der Waals surface area (Å²) < 4.78 is 0. The minimum absolute atomic E-state index is 0.319. The van der Waals surface area contributed by atoms with E-state index in [1.807, 2.05) is 6.20 Å². The van der Waals surface area contributed by atoms with Crippen molar-refractivity contribution in [3.05, 3.63) is 18.6 Å². The average Bonchev–Trinajstić information content (AvgIpc) is 2.46. The van der Waals surface area contributed by atoms with Crippen molar-refractivity contribution in [1.82, 2.24) is 9.97 Å². The van der Waals surface area contributed by atoms with Crippen LogP contribution in [0.5, 0.6) is 0 Å². The van der Waals surface area contributed by atoms with Gasteiger partial charge < -0.3 is 5.73 Å². The fourth-order valence-electron chi connectivity index (χ4n) is 1.95. The summed E-state index contributed by atoms with van der Waals surface area (Å²) in [6.45, 7) is 0. The first-order valence-electron chi connectivity index (χ1n) is 5.54. The highest BCUT2D eigenvalue weighted by Crippen LogP contribution is 2.30. The maximum atomic E-state index is 6.16. The Kier molecular flexibility index (Phi) is 3.97. The first-order valence-corrected chi connectivity index (χ1v) is 6.42. The lowest BCUT2D eigenvalue weighted by atomic mass is 10.1. The molecule has 15 heavy (non-hydrogen) atoms. The first-order chi connectivity index (χ1) is 7.36. The van der Waals surface area contributed by atoms with Crippen LogP contribution in [-0.4, -0.2) is 21.3 Å².